The van der Waals surface area contributed by atoms with Crippen LogP contribution in [-0.2, 0) is 23.1 Å². The van der Waals surface area contributed by atoms with Gasteiger partial charge in [0.2, 0.25) is 10.7 Å². The lowest BCUT2D eigenvalue weighted by molar-refractivity contribution is 0.0282. The Morgan fingerprint density at radius 1 is 1.17 bits per heavy atom. The lowest BCUT2D eigenvalue weighted by Crippen LogP contribution is -2.42. The highest BCUT2D eigenvalue weighted by molar-refractivity contribution is 7.89. The summed E-state index contributed by atoms with van der Waals surface area (Å²) in [5.74, 6) is -7.60. The van der Waals surface area contributed by atoms with Gasteiger partial charge in [0.25, 0.3) is 5.91 Å². The second kappa shape index (κ2) is 10.7. The number of hydrogen-bond donors (Lipinski definition) is 3. The summed E-state index contributed by atoms with van der Waals surface area (Å²) >= 11 is -2.20. The number of aliphatic hydroxyl groups is 1. The molecule has 0 saturated carbocycles. The molecule has 1 aliphatic rings. The van der Waals surface area contributed by atoms with Gasteiger partial charge in [-0.25, -0.2) is 18.0 Å². The van der Waals surface area contributed by atoms with E-state index >= 15 is 4.39 Å². The van der Waals surface area contributed by atoms with Crippen LogP contribution < -0.4 is 10.0 Å². The van der Waals surface area contributed by atoms with Gasteiger partial charge in [0.15, 0.2) is 17.5 Å². The van der Waals surface area contributed by atoms with Crippen molar-refractivity contribution in [2.45, 2.75) is 37.3 Å². The molecule has 1 saturated heterocycles. The van der Waals surface area contributed by atoms with E-state index in [4.69, 9.17) is 4.74 Å². The SMILES string of the molecule is Cn1cc([S+]([O-])NC2CN(C(=O)OC(C)(C)C)CC2CO)c(F)c1C(=O)Nc1cc(F)c(F)c(F)c1. The minimum atomic E-state index is -2.20. The maximum Gasteiger partial charge on any atom is 0.410 e. The number of aryl methyl sites for hydroxylation is 1. The van der Waals surface area contributed by atoms with Gasteiger partial charge >= 0.3 is 6.09 Å². The fourth-order valence-corrected chi connectivity index (χ4v) is 4.82. The van der Waals surface area contributed by atoms with Crippen LogP contribution >= 0.6 is 0 Å². The highest BCUT2D eigenvalue weighted by atomic mass is 32.2. The number of amides is 2. The predicted octanol–water partition coefficient (Wildman–Crippen LogP) is 2.67. The standard InChI is InChI=1S/C22H26F4N4O5S/c1-22(2,3)35-21(33)30-7-11(10-31)15(8-30)28-36(34)16-9-29(4)19(18(16)26)20(32)27-12-5-13(23)17(25)14(24)6-12/h5-6,9,11,15,28,31H,7-8,10H2,1-4H3,(H,27,32). The van der Waals surface area contributed by atoms with Crippen LogP contribution in [0.1, 0.15) is 31.3 Å². The van der Waals surface area contributed by atoms with Crippen molar-refractivity contribution < 1.29 is 41.5 Å². The molecule has 198 valence electrons. The van der Waals surface area contributed by atoms with E-state index in [1.54, 1.807) is 20.8 Å². The third kappa shape index (κ3) is 6.11. The van der Waals surface area contributed by atoms with E-state index in [0.29, 0.717) is 12.1 Å². The molecule has 3 rings (SSSR count). The molecule has 1 fully saturated rings. The number of ether oxygens (including phenoxy) is 1. The van der Waals surface area contributed by atoms with Crippen LogP contribution in [0.3, 0.4) is 0 Å². The number of nitrogens with zero attached hydrogens (tertiary/aromatic N) is 2. The van der Waals surface area contributed by atoms with E-state index in [-0.39, 0.29) is 19.7 Å². The Morgan fingerprint density at radius 3 is 2.33 bits per heavy atom. The van der Waals surface area contributed by atoms with Crippen molar-refractivity contribution in [3.8, 4) is 0 Å². The van der Waals surface area contributed by atoms with Crippen molar-refractivity contribution in [2.75, 3.05) is 25.0 Å². The van der Waals surface area contributed by atoms with Crippen molar-refractivity contribution >= 4 is 29.0 Å². The minimum absolute atomic E-state index is 0.0371. The Morgan fingerprint density at radius 2 is 1.78 bits per heavy atom. The summed E-state index contributed by atoms with van der Waals surface area (Å²) in [5, 5.41) is 11.8. The first-order chi connectivity index (χ1) is 16.7. The van der Waals surface area contributed by atoms with Gasteiger partial charge in [0, 0.05) is 50.5 Å². The maximum atomic E-state index is 15.1. The van der Waals surface area contributed by atoms with E-state index < -0.39 is 80.5 Å². The van der Waals surface area contributed by atoms with Crippen molar-refractivity contribution in [1.82, 2.24) is 14.2 Å². The van der Waals surface area contributed by atoms with Gasteiger partial charge in [-0.2, -0.15) is 4.39 Å². The maximum absolute atomic E-state index is 15.1. The summed E-state index contributed by atoms with van der Waals surface area (Å²) in [6.45, 7) is 4.91. The number of carbonyl (C=O) groups is 2. The fourth-order valence-electron chi connectivity index (χ4n) is 3.64. The number of aliphatic hydroxyl groups excluding tert-OH is 1. The molecule has 0 bridgehead atoms. The molecular weight excluding hydrogens is 508 g/mol. The van der Waals surface area contributed by atoms with Crippen molar-refractivity contribution in [3.63, 3.8) is 0 Å². The molecule has 0 radical (unpaired) electrons. The highest BCUT2D eigenvalue weighted by Gasteiger charge is 2.40. The highest BCUT2D eigenvalue weighted by Crippen LogP contribution is 2.26. The number of benzene rings is 1. The number of hydrogen-bond acceptors (Lipinski definition) is 6. The van der Waals surface area contributed by atoms with Gasteiger partial charge in [0.1, 0.15) is 11.3 Å². The van der Waals surface area contributed by atoms with Gasteiger partial charge in [-0.1, -0.05) is 0 Å². The van der Waals surface area contributed by atoms with Crippen LogP contribution in [0.15, 0.2) is 23.2 Å². The van der Waals surface area contributed by atoms with Gasteiger partial charge in [-0.15, -0.1) is 4.72 Å². The Hall–Kier alpha value is -2.81. The molecule has 36 heavy (non-hydrogen) atoms. The zero-order chi connectivity index (χ0) is 26.9. The monoisotopic (exact) mass is 534 g/mol. The quantitative estimate of drug-likeness (QED) is 0.298. The van der Waals surface area contributed by atoms with Gasteiger partial charge in [-0.05, 0) is 20.8 Å². The van der Waals surface area contributed by atoms with Crippen molar-refractivity contribution in [2.24, 2.45) is 13.0 Å². The first-order valence-corrected chi connectivity index (χ1v) is 11.9. The van der Waals surface area contributed by atoms with E-state index in [1.807, 2.05) is 0 Å². The topological polar surface area (TPSA) is 119 Å². The first-order valence-electron chi connectivity index (χ1n) is 10.8. The van der Waals surface area contributed by atoms with Crippen LogP contribution in [0.2, 0.25) is 0 Å². The molecule has 2 amide bonds. The molecular formula is C22H26F4N4O5S. The lowest BCUT2D eigenvalue weighted by Gasteiger charge is -2.24. The normalized spacial score (nSPS) is 18.9. The molecule has 2 heterocycles. The average Bonchev–Trinajstić information content (AvgIpc) is 3.30. The summed E-state index contributed by atoms with van der Waals surface area (Å²) in [5.41, 5.74) is -1.78. The van der Waals surface area contributed by atoms with Crippen LogP contribution in [0, 0.1) is 29.2 Å². The molecule has 3 unspecified atom stereocenters. The number of aromatic nitrogens is 1. The summed E-state index contributed by atoms with van der Waals surface area (Å²) in [7, 11) is 1.29. The Labute approximate surface area is 207 Å². The third-order valence-corrected chi connectivity index (χ3v) is 6.53. The molecule has 0 spiro atoms. The van der Waals surface area contributed by atoms with E-state index in [0.717, 1.165) is 10.8 Å². The summed E-state index contributed by atoms with van der Waals surface area (Å²) in [6.07, 6.45) is 0.475. The first kappa shape index (κ1) is 27.8. The van der Waals surface area contributed by atoms with Crippen molar-refractivity contribution in [3.05, 3.63) is 47.3 Å². The van der Waals surface area contributed by atoms with E-state index in [9.17, 15) is 32.4 Å². The molecule has 3 N–H and O–H groups in total. The van der Waals surface area contributed by atoms with E-state index in [2.05, 4.69) is 10.0 Å². The molecule has 1 aromatic heterocycles. The fraction of sp³-hybridized carbons (Fsp3) is 0.455. The number of carbonyl (C=O) groups excluding carboxylic acids is 2. The Bertz CT molecular complexity index is 1130. The summed E-state index contributed by atoms with van der Waals surface area (Å²) < 4.78 is 77.0. The lowest BCUT2D eigenvalue weighted by atomic mass is 10.1. The van der Waals surface area contributed by atoms with Gasteiger partial charge < -0.3 is 29.2 Å². The predicted molar refractivity (Wildman–Crippen MR) is 121 cm³/mol. The molecule has 2 aromatic rings. The molecule has 9 nitrogen and oxygen atoms in total. The van der Waals surface area contributed by atoms with Crippen LogP contribution in [-0.4, -0.2) is 62.5 Å². The Kier molecular flexibility index (Phi) is 8.23. The Balaban J connectivity index is 1.74. The minimum Gasteiger partial charge on any atom is -0.593 e. The smallest absolute Gasteiger partial charge is 0.410 e. The second-order valence-electron chi connectivity index (χ2n) is 9.30. The van der Waals surface area contributed by atoms with Crippen LogP contribution in [0.4, 0.5) is 28.0 Å². The zero-order valence-electron chi connectivity index (χ0n) is 19.9. The van der Waals surface area contributed by atoms with Gasteiger partial charge in [-0.3, -0.25) is 4.79 Å². The summed E-state index contributed by atoms with van der Waals surface area (Å²) in [6, 6.07) is 0.387. The average molecular weight is 535 g/mol. The number of halogens is 4. The molecule has 3 atom stereocenters. The van der Waals surface area contributed by atoms with Gasteiger partial charge in [0.05, 0.1) is 23.6 Å². The molecule has 14 heteroatoms. The second-order valence-corrected chi connectivity index (χ2v) is 10.5. The zero-order valence-corrected chi connectivity index (χ0v) is 20.7. The van der Waals surface area contributed by atoms with Crippen LogP contribution in [0.5, 0.6) is 0 Å². The van der Waals surface area contributed by atoms with Crippen LogP contribution in [0.25, 0.3) is 0 Å². The van der Waals surface area contributed by atoms with E-state index in [1.165, 1.54) is 11.9 Å². The molecule has 1 aliphatic heterocycles. The number of anilines is 1. The molecule has 0 aliphatic carbocycles. The number of likely N-dealkylation sites (tertiary alicyclic amines) is 1. The third-order valence-electron chi connectivity index (χ3n) is 5.33. The van der Waals surface area contributed by atoms with Crippen molar-refractivity contribution in [1.29, 1.82) is 0 Å². The number of nitrogens with one attached hydrogen (secondary N) is 2. The largest absolute Gasteiger partial charge is 0.593 e. The molecule has 1 aromatic carbocycles. The summed E-state index contributed by atoms with van der Waals surface area (Å²) in [4.78, 5) is 25.8. The number of rotatable bonds is 6.